The highest BCUT2D eigenvalue weighted by Crippen LogP contribution is 2.37. The predicted molar refractivity (Wildman–Crippen MR) is 92.3 cm³/mol. The summed E-state index contributed by atoms with van der Waals surface area (Å²) in [5.74, 6) is -1.57. The summed E-state index contributed by atoms with van der Waals surface area (Å²) in [7, 11) is -6.91. The van der Waals surface area contributed by atoms with E-state index in [-0.39, 0.29) is 29.6 Å². The third kappa shape index (κ3) is 3.47. The molecule has 0 atom stereocenters. The SMILES string of the molecule is CNS(=O)(=O)c1ccc2c(c1)CCN2S(=O)(=O)c1ccc(F)c(C(F)(F)F)c1. The van der Waals surface area contributed by atoms with E-state index in [1.165, 1.54) is 25.2 Å². The Hall–Kier alpha value is -2.18. The molecular weight excluding hydrogens is 424 g/mol. The van der Waals surface area contributed by atoms with Crippen molar-refractivity contribution < 1.29 is 34.4 Å². The summed E-state index contributed by atoms with van der Waals surface area (Å²) in [6, 6.07) is 5.25. The first-order chi connectivity index (χ1) is 12.9. The van der Waals surface area contributed by atoms with Gasteiger partial charge in [-0.15, -0.1) is 0 Å². The summed E-state index contributed by atoms with van der Waals surface area (Å²) in [6.07, 6.45) is -4.87. The maximum Gasteiger partial charge on any atom is 0.419 e. The number of alkyl halides is 3. The van der Waals surface area contributed by atoms with Gasteiger partial charge in [0.25, 0.3) is 10.0 Å². The summed E-state index contributed by atoms with van der Waals surface area (Å²) in [4.78, 5) is -0.768. The van der Waals surface area contributed by atoms with E-state index in [2.05, 4.69) is 4.72 Å². The Balaban J connectivity index is 2.05. The van der Waals surface area contributed by atoms with E-state index in [1.807, 2.05) is 0 Å². The Kier molecular flexibility index (Phi) is 4.92. The summed E-state index contributed by atoms with van der Waals surface area (Å²) in [6.45, 7) is -0.0839. The Morgan fingerprint density at radius 3 is 2.25 bits per heavy atom. The maximum absolute atomic E-state index is 13.5. The average Bonchev–Trinajstić information content (AvgIpc) is 3.04. The smallest absolute Gasteiger partial charge is 0.266 e. The van der Waals surface area contributed by atoms with E-state index in [0.29, 0.717) is 11.6 Å². The fourth-order valence-corrected chi connectivity index (χ4v) is 5.20. The monoisotopic (exact) mass is 438 g/mol. The van der Waals surface area contributed by atoms with E-state index in [1.54, 1.807) is 0 Å². The molecule has 2 aromatic rings. The molecule has 0 bridgehead atoms. The van der Waals surface area contributed by atoms with Crippen molar-refractivity contribution >= 4 is 25.7 Å². The van der Waals surface area contributed by atoms with Crippen molar-refractivity contribution in [1.82, 2.24) is 4.72 Å². The molecule has 1 heterocycles. The lowest BCUT2D eigenvalue weighted by Crippen LogP contribution is -2.29. The molecular formula is C16H14F4N2O4S2. The zero-order valence-corrected chi connectivity index (χ0v) is 15.9. The Morgan fingerprint density at radius 2 is 1.64 bits per heavy atom. The molecule has 0 radical (unpaired) electrons. The minimum Gasteiger partial charge on any atom is -0.266 e. The molecule has 0 aliphatic carbocycles. The number of halogens is 4. The van der Waals surface area contributed by atoms with E-state index in [0.717, 1.165) is 10.4 Å². The van der Waals surface area contributed by atoms with Crippen molar-refractivity contribution in [2.24, 2.45) is 0 Å². The van der Waals surface area contributed by atoms with Crippen LogP contribution < -0.4 is 9.03 Å². The molecule has 1 aliphatic heterocycles. The number of nitrogens with zero attached hydrogens (tertiary/aromatic N) is 1. The summed E-state index contributed by atoms with van der Waals surface area (Å²) in [5.41, 5.74) is -1.10. The van der Waals surface area contributed by atoms with Crippen LogP contribution in [0.1, 0.15) is 11.1 Å². The largest absolute Gasteiger partial charge is 0.419 e. The van der Waals surface area contributed by atoms with Crippen LogP contribution in [0.4, 0.5) is 23.2 Å². The van der Waals surface area contributed by atoms with Gasteiger partial charge in [0.2, 0.25) is 10.0 Å². The topological polar surface area (TPSA) is 83.6 Å². The zero-order valence-electron chi connectivity index (χ0n) is 14.3. The van der Waals surface area contributed by atoms with Gasteiger partial charge in [0, 0.05) is 6.54 Å². The van der Waals surface area contributed by atoms with Gasteiger partial charge in [-0.05, 0) is 55.4 Å². The van der Waals surface area contributed by atoms with E-state index < -0.39 is 42.5 Å². The lowest BCUT2D eigenvalue weighted by Gasteiger charge is -2.20. The van der Waals surface area contributed by atoms with Crippen molar-refractivity contribution in [2.75, 3.05) is 17.9 Å². The highest BCUT2D eigenvalue weighted by atomic mass is 32.2. The average molecular weight is 438 g/mol. The number of fused-ring (bicyclic) bond motifs is 1. The van der Waals surface area contributed by atoms with Crippen molar-refractivity contribution in [1.29, 1.82) is 0 Å². The van der Waals surface area contributed by atoms with Crippen LogP contribution in [-0.4, -0.2) is 30.4 Å². The van der Waals surface area contributed by atoms with Crippen LogP contribution in [-0.2, 0) is 32.6 Å². The van der Waals surface area contributed by atoms with Gasteiger partial charge in [0.1, 0.15) is 5.82 Å². The Bertz CT molecular complexity index is 1150. The molecule has 28 heavy (non-hydrogen) atoms. The molecule has 3 rings (SSSR count). The number of anilines is 1. The number of nitrogens with one attached hydrogen (secondary N) is 1. The molecule has 1 aliphatic rings. The van der Waals surface area contributed by atoms with Gasteiger partial charge in [-0.1, -0.05) is 0 Å². The standard InChI is InChI=1S/C16H14F4N2O4S2/c1-21-27(23,24)11-3-5-15-10(8-11)6-7-22(15)28(25,26)12-2-4-14(17)13(9-12)16(18,19)20/h2-5,8-9,21H,6-7H2,1H3. The highest BCUT2D eigenvalue weighted by molar-refractivity contribution is 7.92. The summed E-state index contributed by atoms with van der Waals surface area (Å²) < 4.78 is 105. The second kappa shape index (κ2) is 6.71. The molecule has 0 aromatic heterocycles. The van der Waals surface area contributed by atoms with Crippen molar-refractivity contribution in [3.05, 3.63) is 53.3 Å². The zero-order chi connectivity index (χ0) is 20.9. The Morgan fingerprint density at radius 1 is 1.00 bits per heavy atom. The van der Waals surface area contributed by atoms with Crippen LogP contribution >= 0.6 is 0 Å². The third-order valence-corrected chi connectivity index (χ3v) is 7.54. The predicted octanol–water partition coefficient (Wildman–Crippen LogP) is 2.50. The van der Waals surface area contributed by atoms with Crippen LogP contribution in [0.25, 0.3) is 0 Å². The number of benzene rings is 2. The Labute approximate surface area is 158 Å². The molecule has 152 valence electrons. The van der Waals surface area contributed by atoms with Crippen molar-refractivity contribution in [3.63, 3.8) is 0 Å². The highest BCUT2D eigenvalue weighted by Gasteiger charge is 2.37. The van der Waals surface area contributed by atoms with Crippen molar-refractivity contribution in [2.45, 2.75) is 22.4 Å². The lowest BCUT2D eigenvalue weighted by atomic mass is 10.2. The maximum atomic E-state index is 13.5. The number of sulfonamides is 2. The first kappa shape index (κ1) is 20.6. The van der Waals surface area contributed by atoms with Crippen LogP contribution in [0.2, 0.25) is 0 Å². The minimum atomic E-state index is -5.05. The molecule has 0 amide bonds. The van der Waals surface area contributed by atoms with E-state index in [4.69, 9.17) is 0 Å². The molecule has 0 saturated carbocycles. The fraction of sp³-hybridized carbons (Fsp3) is 0.250. The molecule has 0 spiro atoms. The van der Waals surface area contributed by atoms with Gasteiger partial charge >= 0.3 is 6.18 Å². The quantitative estimate of drug-likeness (QED) is 0.744. The number of hydrogen-bond acceptors (Lipinski definition) is 4. The number of hydrogen-bond donors (Lipinski definition) is 1. The summed E-state index contributed by atoms with van der Waals surface area (Å²) >= 11 is 0. The second-order valence-corrected chi connectivity index (χ2v) is 9.71. The van der Waals surface area contributed by atoms with Crippen molar-refractivity contribution in [3.8, 4) is 0 Å². The fourth-order valence-electron chi connectivity index (χ4n) is 2.89. The first-order valence-corrected chi connectivity index (χ1v) is 10.8. The van der Waals surface area contributed by atoms with Crippen LogP contribution in [0.15, 0.2) is 46.2 Å². The van der Waals surface area contributed by atoms with Gasteiger partial charge in [0.15, 0.2) is 0 Å². The van der Waals surface area contributed by atoms with Gasteiger partial charge in [-0.25, -0.2) is 25.9 Å². The van der Waals surface area contributed by atoms with Gasteiger partial charge in [-0.3, -0.25) is 4.31 Å². The molecule has 1 N–H and O–H groups in total. The van der Waals surface area contributed by atoms with Crippen LogP contribution in [0.3, 0.4) is 0 Å². The summed E-state index contributed by atoms with van der Waals surface area (Å²) in [5, 5.41) is 0. The molecule has 0 fully saturated rings. The second-order valence-electron chi connectivity index (χ2n) is 5.96. The van der Waals surface area contributed by atoms with E-state index in [9.17, 15) is 34.4 Å². The molecule has 12 heteroatoms. The first-order valence-electron chi connectivity index (χ1n) is 7.84. The lowest BCUT2D eigenvalue weighted by molar-refractivity contribution is -0.140. The van der Waals surface area contributed by atoms with Gasteiger partial charge < -0.3 is 0 Å². The normalized spacial score (nSPS) is 15.0. The minimum absolute atomic E-state index is 0.0610. The van der Waals surface area contributed by atoms with Crippen LogP contribution in [0, 0.1) is 5.82 Å². The van der Waals surface area contributed by atoms with E-state index >= 15 is 0 Å². The van der Waals surface area contributed by atoms with Gasteiger partial charge in [0.05, 0.1) is 21.0 Å². The third-order valence-electron chi connectivity index (χ3n) is 4.31. The molecule has 2 aromatic carbocycles. The molecule has 0 saturated heterocycles. The number of rotatable bonds is 4. The molecule has 6 nitrogen and oxygen atoms in total. The molecule has 0 unspecified atom stereocenters. The van der Waals surface area contributed by atoms with Crippen LogP contribution in [0.5, 0.6) is 0 Å². The van der Waals surface area contributed by atoms with Gasteiger partial charge in [-0.2, -0.15) is 13.2 Å².